The summed E-state index contributed by atoms with van der Waals surface area (Å²) in [5.41, 5.74) is -0.779. The summed E-state index contributed by atoms with van der Waals surface area (Å²) >= 11 is 0. The molecule has 1 fully saturated rings. The third-order valence-electron chi connectivity index (χ3n) is 4.04. The molecule has 0 saturated carbocycles. The molecule has 1 aliphatic heterocycles. The van der Waals surface area contributed by atoms with E-state index in [4.69, 9.17) is 0 Å². The zero-order valence-corrected chi connectivity index (χ0v) is 12.0. The number of carboxylic acid groups (broad SMARTS) is 1. The fourth-order valence-electron chi connectivity index (χ4n) is 2.34. The van der Waals surface area contributed by atoms with E-state index in [0.29, 0.717) is 6.42 Å². The van der Waals surface area contributed by atoms with E-state index in [9.17, 15) is 9.90 Å². The van der Waals surface area contributed by atoms with Gasteiger partial charge in [0, 0.05) is 6.54 Å². The number of rotatable bonds is 7. The maximum atomic E-state index is 11.4. The lowest BCUT2D eigenvalue weighted by molar-refractivity contribution is -0.144. The number of hydrogen-bond donors (Lipinski definition) is 2. The number of nitrogens with one attached hydrogen (secondary N) is 1. The van der Waals surface area contributed by atoms with Crippen LogP contribution in [0.25, 0.3) is 0 Å². The van der Waals surface area contributed by atoms with Crippen molar-refractivity contribution in [3.63, 3.8) is 0 Å². The first-order chi connectivity index (χ1) is 8.48. The highest BCUT2D eigenvalue weighted by Crippen LogP contribution is 2.18. The van der Waals surface area contributed by atoms with Crippen molar-refractivity contribution in [3.05, 3.63) is 0 Å². The number of carboxylic acids is 1. The molecule has 0 aromatic rings. The molecule has 0 aromatic carbocycles. The van der Waals surface area contributed by atoms with E-state index >= 15 is 0 Å². The highest BCUT2D eigenvalue weighted by Gasteiger charge is 2.32. The molecule has 0 amide bonds. The van der Waals surface area contributed by atoms with Gasteiger partial charge in [-0.25, -0.2) is 0 Å². The van der Waals surface area contributed by atoms with Gasteiger partial charge in [-0.2, -0.15) is 0 Å². The van der Waals surface area contributed by atoms with Gasteiger partial charge in [0.15, 0.2) is 0 Å². The van der Waals surface area contributed by atoms with Gasteiger partial charge in [-0.3, -0.25) is 4.79 Å². The van der Waals surface area contributed by atoms with Gasteiger partial charge in [-0.05, 0) is 58.2 Å². The van der Waals surface area contributed by atoms with Crippen molar-refractivity contribution in [2.75, 3.05) is 26.2 Å². The number of nitrogens with zero attached hydrogens (tertiary/aromatic N) is 1. The highest BCUT2D eigenvalue weighted by atomic mass is 16.4. The van der Waals surface area contributed by atoms with Crippen molar-refractivity contribution in [3.8, 4) is 0 Å². The molecule has 1 heterocycles. The molecule has 0 radical (unpaired) electrons. The van der Waals surface area contributed by atoms with Crippen molar-refractivity contribution < 1.29 is 9.90 Å². The molecular formula is C14H28N2O2. The molecule has 1 saturated heterocycles. The van der Waals surface area contributed by atoms with Crippen LogP contribution in [0.4, 0.5) is 0 Å². The quantitative estimate of drug-likeness (QED) is 0.731. The molecule has 2 N–H and O–H groups in total. The molecule has 106 valence electrons. The Balaban J connectivity index is 2.39. The molecule has 18 heavy (non-hydrogen) atoms. The van der Waals surface area contributed by atoms with E-state index in [1.54, 1.807) is 6.92 Å². The van der Waals surface area contributed by atoms with Crippen LogP contribution in [0.5, 0.6) is 0 Å². The number of carbonyl (C=O) groups is 1. The third kappa shape index (κ3) is 4.58. The van der Waals surface area contributed by atoms with Crippen molar-refractivity contribution in [2.45, 2.75) is 52.0 Å². The second-order valence-electron chi connectivity index (χ2n) is 5.84. The predicted octanol–water partition coefficient (Wildman–Crippen LogP) is 1.95. The number of aliphatic carboxylic acids is 1. The van der Waals surface area contributed by atoms with E-state index in [0.717, 1.165) is 38.5 Å². The molecule has 0 aromatic heterocycles. The molecule has 4 heteroatoms. The maximum Gasteiger partial charge on any atom is 0.323 e. The normalized spacial score (nSPS) is 21.7. The van der Waals surface area contributed by atoms with Crippen molar-refractivity contribution in [1.29, 1.82) is 0 Å². The number of hydrogen-bond acceptors (Lipinski definition) is 3. The molecule has 1 rings (SSSR count). The van der Waals surface area contributed by atoms with Crippen LogP contribution in [-0.4, -0.2) is 47.7 Å². The Morgan fingerprint density at radius 3 is 2.56 bits per heavy atom. The molecule has 1 atom stereocenters. The van der Waals surface area contributed by atoms with Crippen molar-refractivity contribution >= 4 is 5.97 Å². The standard InChI is InChI=1S/C14H28N2O2/c1-4-8-15-14(3,13(17)18)7-11-16-9-5-12(2)6-10-16/h12,15H,4-11H2,1-3H3,(H,17,18). The van der Waals surface area contributed by atoms with E-state index in [1.807, 2.05) is 0 Å². The average molecular weight is 256 g/mol. The van der Waals surface area contributed by atoms with Crippen LogP contribution in [-0.2, 0) is 4.79 Å². The van der Waals surface area contributed by atoms with Crippen LogP contribution in [0.15, 0.2) is 0 Å². The van der Waals surface area contributed by atoms with Gasteiger partial charge in [-0.15, -0.1) is 0 Å². The molecule has 0 spiro atoms. The zero-order chi connectivity index (χ0) is 13.6. The van der Waals surface area contributed by atoms with E-state index in [-0.39, 0.29) is 0 Å². The van der Waals surface area contributed by atoms with Gasteiger partial charge in [0.05, 0.1) is 0 Å². The van der Waals surface area contributed by atoms with Crippen LogP contribution in [0.3, 0.4) is 0 Å². The summed E-state index contributed by atoms with van der Waals surface area (Å²) in [5, 5.41) is 12.5. The smallest absolute Gasteiger partial charge is 0.323 e. The van der Waals surface area contributed by atoms with Crippen molar-refractivity contribution in [1.82, 2.24) is 10.2 Å². The summed E-state index contributed by atoms with van der Waals surface area (Å²) < 4.78 is 0. The topological polar surface area (TPSA) is 52.6 Å². The fraction of sp³-hybridized carbons (Fsp3) is 0.929. The number of likely N-dealkylation sites (tertiary alicyclic amines) is 1. The Labute approximate surface area is 111 Å². The summed E-state index contributed by atoms with van der Waals surface area (Å²) in [6.07, 6.45) is 4.12. The first kappa shape index (κ1) is 15.4. The third-order valence-corrected chi connectivity index (χ3v) is 4.04. The first-order valence-electron chi connectivity index (χ1n) is 7.18. The second kappa shape index (κ2) is 7.10. The molecule has 4 nitrogen and oxygen atoms in total. The zero-order valence-electron chi connectivity index (χ0n) is 12.0. The highest BCUT2D eigenvalue weighted by molar-refractivity contribution is 5.78. The Kier molecular flexibility index (Phi) is 6.09. The number of piperidine rings is 1. The fourth-order valence-corrected chi connectivity index (χ4v) is 2.34. The minimum Gasteiger partial charge on any atom is -0.480 e. The van der Waals surface area contributed by atoms with Crippen LogP contribution < -0.4 is 5.32 Å². The lowest BCUT2D eigenvalue weighted by atomic mass is 9.95. The minimum atomic E-state index is -0.779. The Hall–Kier alpha value is -0.610. The van der Waals surface area contributed by atoms with Gasteiger partial charge < -0.3 is 15.3 Å². The summed E-state index contributed by atoms with van der Waals surface area (Å²) in [6.45, 7) is 10.0. The van der Waals surface area contributed by atoms with E-state index < -0.39 is 11.5 Å². The van der Waals surface area contributed by atoms with Gasteiger partial charge in [0.1, 0.15) is 5.54 Å². The Morgan fingerprint density at radius 2 is 2.06 bits per heavy atom. The Morgan fingerprint density at radius 1 is 1.44 bits per heavy atom. The first-order valence-corrected chi connectivity index (χ1v) is 7.18. The summed E-state index contributed by atoms with van der Waals surface area (Å²) in [5.74, 6) is 0.0895. The Bertz CT molecular complexity index is 263. The van der Waals surface area contributed by atoms with Gasteiger partial charge in [0.2, 0.25) is 0 Å². The average Bonchev–Trinajstić information content (AvgIpc) is 2.35. The van der Waals surface area contributed by atoms with Gasteiger partial charge >= 0.3 is 5.97 Å². The van der Waals surface area contributed by atoms with Gasteiger partial charge in [0.25, 0.3) is 0 Å². The lowest BCUT2D eigenvalue weighted by Crippen LogP contribution is -2.52. The predicted molar refractivity (Wildman–Crippen MR) is 73.8 cm³/mol. The van der Waals surface area contributed by atoms with Crippen LogP contribution in [0.1, 0.15) is 46.5 Å². The lowest BCUT2D eigenvalue weighted by Gasteiger charge is -2.33. The van der Waals surface area contributed by atoms with E-state index in [1.165, 1.54) is 12.8 Å². The van der Waals surface area contributed by atoms with E-state index in [2.05, 4.69) is 24.1 Å². The summed E-state index contributed by atoms with van der Waals surface area (Å²) in [7, 11) is 0. The molecule has 1 unspecified atom stereocenters. The van der Waals surface area contributed by atoms with Crippen molar-refractivity contribution in [2.24, 2.45) is 5.92 Å². The van der Waals surface area contributed by atoms with Crippen LogP contribution in [0.2, 0.25) is 0 Å². The molecule has 0 bridgehead atoms. The summed E-state index contributed by atoms with van der Waals surface area (Å²) in [6, 6.07) is 0. The minimum absolute atomic E-state index is 0.677. The van der Waals surface area contributed by atoms with Crippen LogP contribution >= 0.6 is 0 Å². The molecule has 1 aliphatic rings. The molecule has 0 aliphatic carbocycles. The van der Waals surface area contributed by atoms with Crippen LogP contribution in [0, 0.1) is 5.92 Å². The maximum absolute atomic E-state index is 11.4. The SMILES string of the molecule is CCCNC(C)(CCN1CCC(C)CC1)C(=O)O. The largest absolute Gasteiger partial charge is 0.480 e. The summed E-state index contributed by atoms with van der Waals surface area (Å²) in [4.78, 5) is 13.8. The monoisotopic (exact) mass is 256 g/mol. The van der Waals surface area contributed by atoms with Gasteiger partial charge in [-0.1, -0.05) is 13.8 Å². The molecular weight excluding hydrogens is 228 g/mol. The second-order valence-corrected chi connectivity index (χ2v) is 5.84.